The molecular formula is C15H15ClO4S. The normalized spacial score (nSPS) is 17.2. The van der Waals surface area contributed by atoms with Crippen molar-refractivity contribution in [2.75, 3.05) is 12.4 Å². The van der Waals surface area contributed by atoms with Gasteiger partial charge in [-0.2, -0.15) is 0 Å². The molecule has 1 aliphatic rings. The lowest BCUT2D eigenvalue weighted by Gasteiger charge is -2.06. The number of benzene rings is 1. The van der Waals surface area contributed by atoms with Crippen LogP contribution >= 0.6 is 23.4 Å². The summed E-state index contributed by atoms with van der Waals surface area (Å²) in [6.45, 7) is 0.501. The van der Waals surface area contributed by atoms with Gasteiger partial charge in [-0.05, 0) is 37.1 Å². The van der Waals surface area contributed by atoms with E-state index in [-0.39, 0.29) is 28.0 Å². The zero-order valence-corrected chi connectivity index (χ0v) is 12.9. The highest BCUT2D eigenvalue weighted by atomic mass is 35.5. The molecule has 1 fully saturated rings. The van der Waals surface area contributed by atoms with Gasteiger partial charge in [0.2, 0.25) is 5.12 Å². The van der Waals surface area contributed by atoms with E-state index in [2.05, 4.69) is 0 Å². The van der Waals surface area contributed by atoms with Crippen molar-refractivity contribution in [3.63, 3.8) is 0 Å². The molecule has 1 aromatic carbocycles. The van der Waals surface area contributed by atoms with E-state index in [1.165, 1.54) is 0 Å². The Morgan fingerprint density at radius 3 is 2.57 bits per heavy atom. The first-order valence-electron chi connectivity index (χ1n) is 6.58. The van der Waals surface area contributed by atoms with E-state index in [0.717, 1.165) is 23.9 Å². The van der Waals surface area contributed by atoms with Gasteiger partial charge < -0.3 is 9.84 Å². The SMILES string of the molecule is O=C1CSC(=O)/C1=C(/O)CCCCOc1ccc(Cl)cc1. The topological polar surface area (TPSA) is 63.6 Å². The van der Waals surface area contributed by atoms with Gasteiger partial charge in [-0.1, -0.05) is 23.4 Å². The Kier molecular flexibility index (Phi) is 5.70. The molecule has 0 radical (unpaired) electrons. The zero-order chi connectivity index (χ0) is 15.2. The Labute approximate surface area is 132 Å². The molecule has 6 heteroatoms. The fourth-order valence-corrected chi connectivity index (χ4v) is 2.82. The van der Waals surface area contributed by atoms with Gasteiger partial charge in [0.15, 0.2) is 5.78 Å². The third kappa shape index (κ3) is 4.51. The number of rotatable bonds is 6. The molecule has 0 saturated carbocycles. The number of aliphatic hydroxyl groups is 1. The van der Waals surface area contributed by atoms with Crippen molar-refractivity contribution in [1.82, 2.24) is 0 Å². The number of thioether (sulfide) groups is 1. The predicted molar refractivity (Wildman–Crippen MR) is 82.9 cm³/mol. The van der Waals surface area contributed by atoms with Crippen molar-refractivity contribution in [3.05, 3.63) is 40.6 Å². The largest absolute Gasteiger partial charge is 0.511 e. The number of aliphatic hydroxyl groups excluding tert-OH is 1. The number of carbonyl (C=O) groups is 2. The molecule has 0 bridgehead atoms. The fraction of sp³-hybridized carbons (Fsp3) is 0.333. The summed E-state index contributed by atoms with van der Waals surface area (Å²) in [5.74, 6) is 0.499. The van der Waals surface area contributed by atoms with Crippen LogP contribution in [-0.4, -0.2) is 28.4 Å². The monoisotopic (exact) mass is 326 g/mol. The van der Waals surface area contributed by atoms with Crippen molar-refractivity contribution in [1.29, 1.82) is 0 Å². The molecule has 1 aliphatic heterocycles. The van der Waals surface area contributed by atoms with Crippen molar-refractivity contribution in [2.24, 2.45) is 0 Å². The molecule has 0 atom stereocenters. The number of unbranched alkanes of at least 4 members (excludes halogenated alkanes) is 1. The lowest BCUT2D eigenvalue weighted by atomic mass is 10.1. The molecule has 0 aliphatic carbocycles. The minimum absolute atomic E-state index is 0.0291. The van der Waals surface area contributed by atoms with E-state index in [1.54, 1.807) is 24.3 Å². The van der Waals surface area contributed by atoms with Gasteiger partial charge in [0, 0.05) is 11.4 Å². The van der Waals surface area contributed by atoms with E-state index in [0.29, 0.717) is 24.5 Å². The molecule has 112 valence electrons. The number of Topliss-reactive ketones (excluding diaryl/α,β-unsaturated/α-hetero) is 1. The first-order valence-corrected chi connectivity index (χ1v) is 7.95. The van der Waals surface area contributed by atoms with E-state index in [1.807, 2.05) is 0 Å². The van der Waals surface area contributed by atoms with Crippen molar-refractivity contribution < 1.29 is 19.4 Å². The van der Waals surface area contributed by atoms with Crippen LogP contribution in [0.15, 0.2) is 35.6 Å². The van der Waals surface area contributed by atoms with E-state index in [9.17, 15) is 14.7 Å². The summed E-state index contributed by atoms with van der Waals surface area (Å²) in [4.78, 5) is 22.8. The van der Waals surface area contributed by atoms with Gasteiger partial charge >= 0.3 is 0 Å². The molecule has 0 spiro atoms. The Bertz CT molecular complexity index is 548. The second-order valence-electron chi connectivity index (χ2n) is 4.58. The number of carbonyl (C=O) groups excluding carboxylic acids is 2. The summed E-state index contributed by atoms with van der Waals surface area (Å²) < 4.78 is 5.52. The minimum atomic E-state index is -0.324. The van der Waals surface area contributed by atoms with Crippen LogP contribution in [0.5, 0.6) is 5.75 Å². The third-order valence-corrected chi connectivity index (χ3v) is 4.12. The first kappa shape index (κ1) is 15.9. The fourth-order valence-electron chi connectivity index (χ4n) is 1.91. The van der Waals surface area contributed by atoms with Crippen LogP contribution in [0.25, 0.3) is 0 Å². The number of ketones is 1. The van der Waals surface area contributed by atoms with Crippen molar-refractivity contribution in [2.45, 2.75) is 19.3 Å². The van der Waals surface area contributed by atoms with Gasteiger partial charge in [0.1, 0.15) is 17.1 Å². The summed E-state index contributed by atoms with van der Waals surface area (Å²) in [5.41, 5.74) is -0.0291. The molecule has 1 heterocycles. The summed E-state index contributed by atoms with van der Waals surface area (Å²) in [6.07, 6.45) is 1.68. The molecule has 0 amide bonds. The van der Waals surface area contributed by atoms with Crippen LogP contribution in [0.2, 0.25) is 5.02 Å². The predicted octanol–water partition coefficient (Wildman–Crippen LogP) is 3.54. The molecule has 21 heavy (non-hydrogen) atoms. The van der Waals surface area contributed by atoms with Gasteiger partial charge in [-0.25, -0.2) is 0 Å². The van der Waals surface area contributed by atoms with Gasteiger partial charge in [0.25, 0.3) is 0 Å². The minimum Gasteiger partial charge on any atom is -0.511 e. The van der Waals surface area contributed by atoms with E-state index < -0.39 is 0 Å². The number of hydrogen-bond acceptors (Lipinski definition) is 5. The molecular weight excluding hydrogens is 312 g/mol. The van der Waals surface area contributed by atoms with Crippen LogP contribution in [0, 0.1) is 0 Å². The Balaban J connectivity index is 1.72. The molecule has 0 aromatic heterocycles. The lowest BCUT2D eigenvalue weighted by Crippen LogP contribution is -2.06. The molecule has 2 rings (SSSR count). The molecule has 0 unspecified atom stereocenters. The molecule has 4 nitrogen and oxygen atoms in total. The quantitative estimate of drug-likeness (QED) is 0.375. The molecule has 1 aromatic rings. The second kappa shape index (κ2) is 7.52. The Morgan fingerprint density at radius 1 is 1.24 bits per heavy atom. The maximum atomic E-state index is 11.4. The number of hydrogen-bond donors (Lipinski definition) is 1. The van der Waals surface area contributed by atoms with E-state index >= 15 is 0 Å². The number of allylic oxidation sites excluding steroid dienone is 1. The Morgan fingerprint density at radius 2 is 1.95 bits per heavy atom. The molecule has 1 N–H and O–H groups in total. The van der Waals surface area contributed by atoms with Crippen LogP contribution in [0.1, 0.15) is 19.3 Å². The summed E-state index contributed by atoms with van der Waals surface area (Å²) >= 11 is 6.71. The smallest absolute Gasteiger partial charge is 0.226 e. The standard InChI is InChI=1S/C15H15ClO4S/c16-10-4-6-11(7-5-10)20-8-2-1-3-12(17)14-13(18)9-21-15(14)19/h4-7,17H,1-3,8-9H2/b14-12+. The maximum Gasteiger partial charge on any atom is 0.226 e. The average Bonchev–Trinajstić information content (AvgIpc) is 2.79. The Hall–Kier alpha value is -1.46. The van der Waals surface area contributed by atoms with Gasteiger partial charge in [-0.3, -0.25) is 9.59 Å². The maximum absolute atomic E-state index is 11.4. The van der Waals surface area contributed by atoms with Gasteiger partial charge in [-0.15, -0.1) is 0 Å². The van der Waals surface area contributed by atoms with E-state index in [4.69, 9.17) is 16.3 Å². The third-order valence-electron chi connectivity index (χ3n) is 3.00. The summed E-state index contributed by atoms with van der Waals surface area (Å²) in [7, 11) is 0. The number of ether oxygens (including phenoxy) is 1. The van der Waals surface area contributed by atoms with Crippen LogP contribution in [0.3, 0.4) is 0 Å². The highest BCUT2D eigenvalue weighted by Gasteiger charge is 2.30. The van der Waals surface area contributed by atoms with Crippen LogP contribution in [-0.2, 0) is 9.59 Å². The lowest BCUT2D eigenvalue weighted by molar-refractivity contribution is -0.115. The number of halogens is 1. The van der Waals surface area contributed by atoms with Crippen molar-refractivity contribution >= 4 is 34.3 Å². The van der Waals surface area contributed by atoms with Crippen LogP contribution < -0.4 is 4.74 Å². The van der Waals surface area contributed by atoms with Crippen LogP contribution in [0.4, 0.5) is 0 Å². The first-order chi connectivity index (χ1) is 10.1. The average molecular weight is 327 g/mol. The van der Waals surface area contributed by atoms with Gasteiger partial charge in [0.05, 0.1) is 12.4 Å². The summed E-state index contributed by atoms with van der Waals surface area (Å²) in [5, 5.41) is 10.1. The highest BCUT2D eigenvalue weighted by molar-refractivity contribution is 8.15. The molecule has 1 saturated heterocycles. The zero-order valence-electron chi connectivity index (χ0n) is 11.3. The second-order valence-corrected chi connectivity index (χ2v) is 5.97. The van der Waals surface area contributed by atoms with Crippen molar-refractivity contribution in [3.8, 4) is 5.75 Å². The highest BCUT2D eigenvalue weighted by Crippen LogP contribution is 2.25. The summed E-state index contributed by atoms with van der Waals surface area (Å²) in [6, 6.07) is 7.08.